The van der Waals surface area contributed by atoms with Crippen LogP contribution in [0.2, 0.25) is 0 Å². The Hall–Kier alpha value is -0.990. The van der Waals surface area contributed by atoms with Crippen molar-refractivity contribution < 1.29 is 14.3 Å². The Morgan fingerprint density at radius 3 is 2.40 bits per heavy atom. The summed E-state index contributed by atoms with van der Waals surface area (Å²) in [7, 11) is 1.27. The molecule has 0 fully saturated rings. The second kappa shape index (κ2) is 3.93. The zero-order valence-corrected chi connectivity index (χ0v) is 6.51. The molecule has 0 aromatic rings. The number of ether oxygens (including phenoxy) is 2. The lowest BCUT2D eigenvalue weighted by molar-refractivity contribution is 0.0547. The van der Waals surface area contributed by atoms with Crippen molar-refractivity contribution >= 4 is 6.16 Å². The van der Waals surface area contributed by atoms with Gasteiger partial charge in [-0.25, -0.2) is 4.79 Å². The van der Waals surface area contributed by atoms with Crippen LogP contribution in [-0.4, -0.2) is 19.4 Å². The maximum absolute atomic E-state index is 10.4. The number of rotatable bonds is 2. The lowest BCUT2D eigenvalue weighted by Crippen LogP contribution is -2.15. The Bertz CT molecular complexity index is 140. The van der Waals surface area contributed by atoms with Gasteiger partial charge in [0.15, 0.2) is 0 Å². The standard InChI is InChI=1S/C7H12O3/c1-5(2)6(3)10-7(8)9-4/h6H,1H2,2-4H3. The van der Waals surface area contributed by atoms with E-state index in [9.17, 15) is 4.79 Å². The van der Waals surface area contributed by atoms with Crippen molar-refractivity contribution in [3.05, 3.63) is 12.2 Å². The molecule has 0 aliphatic rings. The summed E-state index contributed by atoms with van der Waals surface area (Å²) < 4.78 is 8.97. The van der Waals surface area contributed by atoms with Crippen LogP contribution in [0.4, 0.5) is 4.79 Å². The Morgan fingerprint density at radius 2 is 2.10 bits per heavy atom. The summed E-state index contributed by atoms with van der Waals surface area (Å²) in [5, 5.41) is 0. The van der Waals surface area contributed by atoms with Gasteiger partial charge in [-0.05, 0) is 19.4 Å². The van der Waals surface area contributed by atoms with Gasteiger partial charge in [0.05, 0.1) is 7.11 Å². The van der Waals surface area contributed by atoms with Crippen LogP contribution in [0, 0.1) is 0 Å². The average molecular weight is 144 g/mol. The Labute approximate surface area is 60.6 Å². The minimum Gasteiger partial charge on any atom is -0.438 e. The highest BCUT2D eigenvalue weighted by Crippen LogP contribution is 2.02. The van der Waals surface area contributed by atoms with Crippen LogP contribution in [0.3, 0.4) is 0 Å². The van der Waals surface area contributed by atoms with Gasteiger partial charge < -0.3 is 9.47 Å². The molecule has 0 heterocycles. The van der Waals surface area contributed by atoms with E-state index in [1.165, 1.54) is 7.11 Å². The van der Waals surface area contributed by atoms with Gasteiger partial charge in [-0.2, -0.15) is 0 Å². The number of hydrogen-bond acceptors (Lipinski definition) is 3. The minimum absolute atomic E-state index is 0.271. The summed E-state index contributed by atoms with van der Waals surface area (Å²) in [6, 6.07) is 0. The van der Waals surface area contributed by atoms with E-state index in [-0.39, 0.29) is 6.10 Å². The molecule has 0 rings (SSSR count). The highest BCUT2D eigenvalue weighted by atomic mass is 16.7. The van der Waals surface area contributed by atoms with Crippen molar-refractivity contribution in [3.8, 4) is 0 Å². The summed E-state index contributed by atoms with van der Waals surface area (Å²) >= 11 is 0. The monoisotopic (exact) mass is 144 g/mol. The van der Waals surface area contributed by atoms with Crippen molar-refractivity contribution in [2.24, 2.45) is 0 Å². The number of carbonyl (C=O) groups is 1. The largest absolute Gasteiger partial charge is 0.508 e. The lowest BCUT2D eigenvalue weighted by Gasteiger charge is -2.10. The van der Waals surface area contributed by atoms with E-state index in [2.05, 4.69) is 11.3 Å². The summed E-state index contributed by atoms with van der Waals surface area (Å²) in [4.78, 5) is 10.4. The Morgan fingerprint density at radius 1 is 1.60 bits per heavy atom. The van der Waals surface area contributed by atoms with E-state index < -0.39 is 6.16 Å². The Balaban J connectivity index is 3.68. The van der Waals surface area contributed by atoms with Crippen LogP contribution in [0.5, 0.6) is 0 Å². The zero-order chi connectivity index (χ0) is 8.15. The van der Waals surface area contributed by atoms with E-state index in [4.69, 9.17) is 4.74 Å². The topological polar surface area (TPSA) is 35.5 Å². The van der Waals surface area contributed by atoms with Crippen molar-refractivity contribution in [2.75, 3.05) is 7.11 Å². The molecule has 1 atom stereocenters. The molecule has 0 aliphatic heterocycles. The van der Waals surface area contributed by atoms with Gasteiger partial charge in [-0.1, -0.05) is 6.58 Å². The summed E-state index contributed by atoms with van der Waals surface area (Å²) in [5.41, 5.74) is 0.797. The molecule has 0 radical (unpaired) electrons. The first-order chi connectivity index (χ1) is 4.57. The van der Waals surface area contributed by atoms with Crippen LogP contribution in [-0.2, 0) is 9.47 Å². The van der Waals surface area contributed by atoms with Gasteiger partial charge in [0.25, 0.3) is 0 Å². The van der Waals surface area contributed by atoms with E-state index in [0.717, 1.165) is 5.57 Å². The molecule has 3 nitrogen and oxygen atoms in total. The quantitative estimate of drug-likeness (QED) is 0.437. The summed E-state index contributed by atoms with van der Waals surface area (Å²) in [6.07, 6.45) is -0.942. The first kappa shape index (κ1) is 9.01. The van der Waals surface area contributed by atoms with Crippen molar-refractivity contribution in [1.29, 1.82) is 0 Å². The minimum atomic E-state index is -0.671. The molecular formula is C7H12O3. The maximum Gasteiger partial charge on any atom is 0.508 e. The molecule has 1 unspecified atom stereocenters. The molecule has 0 amide bonds. The predicted octanol–water partition coefficient (Wildman–Crippen LogP) is 1.73. The van der Waals surface area contributed by atoms with Gasteiger partial charge in [-0.3, -0.25) is 0 Å². The fourth-order valence-electron chi connectivity index (χ4n) is 0.293. The average Bonchev–Trinajstić information content (AvgIpc) is 1.87. The predicted molar refractivity (Wildman–Crippen MR) is 37.8 cm³/mol. The second-order valence-electron chi connectivity index (χ2n) is 2.06. The highest BCUT2D eigenvalue weighted by Gasteiger charge is 2.08. The normalized spacial score (nSPS) is 11.9. The molecule has 0 saturated carbocycles. The van der Waals surface area contributed by atoms with Crippen LogP contribution in [0.1, 0.15) is 13.8 Å². The molecular weight excluding hydrogens is 132 g/mol. The summed E-state index contributed by atoms with van der Waals surface area (Å²) in [5.74, 6) is 0. The third-order valence-corrected chi connectivity index (χ3v) is 1.13. The van der Waals surface area contributed by atoms with Gasteiger partial charge in [0, 0.05) is 0 Å². The van der Waals surface area contributed by atoms with Crippen molar-refractivity contribution in [3.63, 3.8) is 0 Å². The first-order valence-electron chi connectivity index (χ1n) is 2.98. The molecule has 0 N–H and O–H groups in total. The van der Waals surface area contributed by atoms with Crippen LogP contribution in [0.15, 0.2) is 12.2 Å². The Kier molecular flexibility index (Phi) is 3.54. The molecule has 0 saturated heterocycles. The van der Waals surface area contributed by atoms with E-state index in [1.807, 2.05) is 0 Å². The van der Waals surface area contributed by atoms with Crippen LogP contribution in [0.25, 0.3) is 0 Å². The third kappa shape index (κ3) is 3.12. The SMILES string of the molecule is C=C(C)C(C)OC(=O)OC. The van der Waals surface area contributed by atoms with Crippen LogP contribution < -0.4 is 0 Å². The number of methoxy groups -OCH3 is 1. The van der Waals surface area contributed by atoms with Crippen LogP contribution >= 0.6 is 0 Å². The van der Waals surface area contributed by atoms with E-state index in [1.54, 1.807) is 13.8 Å². The smallest absolute Gasteiger partial charge is 0.438 e. The number of hydrogen-bond donors (Lipinski definition) is 0. The lowest BCUT2D eigenvalue weighted by atomic mass is 10.2. The van der Waals surface area contributed by atoms with E-state index >= 15 is 0 Å². The van der Waals surface area contributed by atoms with Gasteiger partial charge in [0.2, 0.25) is 0 Å². The van der Waals surface area contributed by atoms with Gasteiger partial charge in [0.1, 0.15) is 6.10 Å². The fraction of sp³-hybridized carbons (Fsp3) is 0.571. The highest BCUT2D eigenvalue weighted by molar-refractivity contribution is 5.60. The molecule has 58 valence electrons. The third-order valence-electron chi connectivity index (χ3n) is 1.13. The molecule has 0 bridgehead atoms. The van der Waals surface area contributed by atoms with E-state index in [0.29, 0.717) is 0 Å². The molecule has 3 heteroatoms. The van der Waals surface area contributed by atoms with Gasteiger partial charge in [-0.15, -0.1) is 0 Å². The summed E-state index contributed by atoms with van der Waals surface area (Å²) in [6.45, 7) is 7.13. The fourth-order valence-corrected chi connectivity index (χ4v) is 0.293. The van der Waals surface area contributed by atoms with Gasteiger partial charge >= 0.3 is 6.16 Å². The molecule has 0 aliphatic carbocycles. The molecule has 0 aromatic heterocycles. The molecule has 10 heavy (non-hydrogen) atoms. The first-order valence-corrected chi connectivity index (χ1v) is 2.98. The van der Waals surface area contributed by atoms with Crippen molar-refractivity contribution in [2.45, 2.75) is 20.0 Å². The molecule has 0 spiro atoms. The second-order valence-corrected chi connectivity index (χ2v) is 2.06. The van der Waals surface area contributed by atoms with Crippen molar-refractivity contribution in [1.82, 2.24) is 0 Å². The molecule has 0 aromatic carbocycles. The maximum atomic E-state index is 10.4. The number of carbonyl (C=O) groups excluding carboxylic acids is 1. The zero-order valence-electron chi connectivity index (χ0n) is 6.51.